The maximum absolute atomic E-state index is 13.5. The summed E-state index contributed by atoms with van der Waals surface area (Å²) in [5.74, 6) is -0.533. The number of phosphoric acid groups is 1. The molecule has 2 N–H and O–H groups in total. The van der Waals surface area contributed by atoms with Gasteiger partial charge < -0.3 is 19.4 Å². The first-order chi connectivity index (χ1) is 36.4. The van der Waals surface area contributed by atoms with Gasteiger partial charge in [0.05, 0.1) is 33.8 Å². The number of carbonyl (C=O) groups excluding carboxylic acids is 2. The van der Waals surface area contributed by atoms with Crippen molar-refractivity contribution in [2.75, 3.05) is 40.9 Å². The molecule has 0 rings (SSSR count). The standard InChI is InChI=1S/C65H119N2O7P/c1-7-10-13-16-19-22-25-28-30-32-33-34-35-36-38-40-43-46-49-52-55-58-65(69)74-63(56-53-50-47-44-41-27-24-21-18-15-12-9-3)62(61-73-75(70,71)72-60-59-67(4,5)6)66-64(68)57-54-51-48-45-42-39-37-31-29-26-23-20-17-14-11-8-2/h19,22,28,30-31,33-34,36-38,53,56,62-63H,7-18,20-21,23-27,29,32,35,39-52,54-55,57-61H2,1-6H3,(H-,66,68,70,71)/p+1/b22-19-,30-28-,34-33-,37-31+,38-36-,56-53+. The van der Waals surface area contributed by atoms with Crippen LogP contribution in [-0.2, 0) is 27.9 Å². The lowest BCUT2D eigenvalue weighted by Crippen LogP contribution is -2.47. The van der Waals surface area contributed by atoms with Gasteiger partial charge in [-0.3, -0.25) is 18.6 Å². The predicted molar refractivity (Wildman–Crippen MR) is 323 cm³/mol. The zero-order valence-electron chi connectivity index (χ0n) is 49.8. The number of nitrogens with zero attached hydrogens (tertiary/aromatic N) is 1. The van der Waals surface area contributed by atoms with Gasteiger partial charge in [-0.25, -0.2) is 4.57 Å². The molecule has 0 aliphatic rings. The third-order valence-electron chi connectivity index (χ3n) is 13.6. The fraction of sp³-hybridized carbons (Fsp3) is 0.785. The Hall–Kier alpha value is -2.55. The molecule has 9 nitrogen and oxygen atoms in total. The van der Waals surface area contributed by atoms with Crippen molar-refractivity contribution >= 4 is 19.7 Å². The first-order valence-corrected chi connectivity index (χ1v) is 32.8. The van der Waals surface area contributed by atoms with Gasteiger partial charge in [0.1, 0.15) is 19.3 Å². The minimum absolute atomic E-state index is 0.0333. The van der Waals surface area contributed by atoms with Crippen molar-refractivity contribution in [3.63, 3.8) is 0 Å². The molecule has 0 aromatic rings. The molecule has 3 unspecified atom stereocenters. The first kappa shape index (κ1) is 72.5. The van der Waals surface area contributed by atoms with Gasteiger partial charge in [0.25, 0.3) is 0 Å². The van der Waals surface area contributed by atoms with Crippen LogP contribution in [0.3, 0.4) is 0 Å². The SMILES string of the molecule is CCCCC/C=C\C/C=C\C/C=C\C/C=C\CCCCCCCC(=O)OC(/C=C/CCCCCCCCCCCC)C(COP(=O)(O)OCC[N+](C)(C)C)NC(=O)CCCCCCC/C=C/CCCCCCCCC. The molecule has 0 aromatic heterocycles. The Labute approximate surface area is 463 Å². The number of allylic oxidation sites excluding steroid dienone is 11. The minimum atomic E-state index is -4.46. The van der Waals surface area contributed by atoms with Crippen LogP contribution < -0.4 is 5.32 Å². The second-order valence-electron chi connectivity index (χ2n) is 22.2. The highest BCUT2D eigenvalue weighted by molar-refractivity contribution is 7.47. The van der Waals surface area contributed by atoms with E-state index >= 15 is 0 Å². The highest BCUT2D eigenvalue weighted by Crippen LogP contribution is 2.43. The second-order valence-corrected chi connectivity index (χ2v) is 23.7. The molecule has 0 aliphatic carbocycles. The Morgan fingerprint density at radius 3 is 1.25 bits per heavy atom. The lowest BCUT2D eigenvalue weighted by atomic mass is 10.0. The number of ether oxygens (including phenoxy) is 1. The van der Waals surface area contributed by atoms with Crippen LogP contribution in [0.25, 0.3) is 0 Å². The van der Waals surface area contributed by atoms with Gasteiger partial charge in [-0.2, -0.15) is 0 Å². The number of nitrogens with one attached hydrogen (secondary N) is 1. The summed E-state index contributed by atoms with van der Waals surface area (Å²) < 4.78 is 30.7. The van der Waals surface area contributed by atoms with E-state index in [-0.39, 0.29) is 31.5 Å². The first-order valence-electron chi connectivity index (χ1n) is 31.3. The van der Waals surface area contributed by atoms with Crippen molar-refractivity contribution in [3.8, 4) is 0 Å². The van der Waals surface area contributed by atoms with Crippen molar-refractivity contribution in [1.29, 1.82) is 0 Å². The number of esters is 1. The van der Waals surface area contributed by atoms with Crippen molar-refractivity contribution in [2.45, 2.75) is 290 Å². The smallest absolute Gasteiger partial charge is 0.456 e. The van der Waals surface area contributed by atoms with Gasteiger partial charge in [0.15, 0.2) is 0 Å². The molecule has 0 heterocycles. The second kappa shape index (κ2) is 54.8. The van der Waals surface area contributed by atoms with Gasteiger partial charge in [-0.15, -0.1) is 0 Å². The Morgan fingerprint density at radius 2 is 0.813 bits per heavy atom. The monoisotopic (exact) mass is 1070 g/mol. The average Bonchev–Trinajstić information content (AvgIpc) is 3.37. The molecule has 0 bridgehead atoms. The van der Waals surface area contributed by atoms with E-state index in [9.17, 15) is 19.0 Å². The van der Waals surface area contributed by atoms with Gasteiger partial charge in [0.2, 0.25) is 5.91 Å². The largest absolute Gasteiger partial charge is 0.472 e. The van der Waals surface area contributed by atoms with Crippen molar-refractivity contribution in [3.05, 3.63) is 72.9 Å². The molecule has 0 saturated heterocycles. The molecule has 0 spiro atoms. The topological polar surface area (TPSA) is 111 Å². The number of hydrogen-bond donors (Lipinski definition) is 2. The van der Waals surface area contributed by atoms with E-state index < -0.39 is 20.0 Å². The summed E-state index contributed by atoms with van der Waals surface area (Å²) in [5, 5.41) is 3.05. The highest BCUT2D eigenvalue weighted by atomic mass is 31.2. The third-order valence-corrected chi connectivity index (χ3v) is 14.6. The number of quaternary nitrogens is 1. The van der Waals surface area contributed by atoms with E-state index in [4.69, 9.17) is 13.8 Å². The van der Waals surface area contributed by atoms with Crippen LogP contribution in [0.4, 0.5) is 0 Å². The fourth-order valence-electron chi connectivity index (χ4n) is 8.74. The van der Waals surface area contributed by atoms with E-state index in [1.165, 1.54) is 128 Å². The summed E-state index contributed by atoms with van der Waals surface area (Å²) >= 11 is 0. The minimum Gasteiger partial charge on any atom is -0.456 e. The van der Waals surface area contributed by atoms with E-state index in [0.717, 1.165) is 109 Å². The van der Waals surface area contributed by atoms with E-state index in [2.05, 4.69) is 86.8 Å². The van der Waals surface area contributed by atoms with E-state index in [1.54, 1.807) is 0 Å². The number of phosphoric ester groups is 1. The summed E-state index contributed by atoms with van der Waals surface area (Å²) in [6, 6.07) is -0.863. The summed E-state index contributed by atoms with van der Waals surface area (Å²) in [5.41, 5.74) is 0. The number of rotatable bonds is 56. The third kappa shape index (κ3) is 56.0. The molecule has 0 aromatic carbocycles. The zero-order chi connectivity index (χ0) is 55.0. The normalized spacial score (nSPS) is 14.2. The van der Waals surface area contributed by atoms with Crippen LogP contribution in [0.2, 0.25) is 0 Å². The Bertz CT molecular complexity index is 1510. The average molecular weight is 1070 g/mol. The van der Waals surface area contributed by atoms with Crippen LogP contribution in [0.1, 0.15) is 278 Å². The molecular weight excluding hydrogens is 952 g/mol. The number of amides is 1. The lowest BCUT2D eigenvalue weighted by Gasteiger charge is -2.27. The lowest BCUT2D eigenvalue weighted by molar-refractivity contribution is -0.870. The molecule has 75 heavy (non-hydrogen) atoms. The van der Waals surface area contributed by atoms with E-state index in [1.807, 2.05) is 33.3 Å². The van der Waals surface area contributed by atoms with E-state index in [0.29, 0.717) is 23.9 Å². The van der Waals surface area contributed by atoms with Crippen LogP contribution in [0.15, 0.2) is 72.9 Å². The highest BCUT2D eigenvalue weighted by Gasteiger charge is 2.30. The van der Waals surface area contributed by atoms with Crippen LogP contribution in [0, 0.1) is 0 Å². The van der Waals surface area contributed by atoms with Gasteiger partial charge >= 0.3 is 13.8 Å². The quantitative estimate of drug-likeness (QED) is 0.0205. The zero-order valence-corrected chi connectivity index (χ0v) is 50.7. The summed E-state index contributed by atoms with van der Waals surface area (Å²) in [6.07, 6.45) is 70.3. The molecule has 10 heteroatoms. The number of carbonyl (C=O) groups is 2. The number of hydrogen-bond acceptors (Lipinski definition) is 6. The molecular formula is C65H120N2O7P+. The Morgan fingerprint density at radius 1 is 0.467 bits per heavy atom. The molecule has 0 radical (unpaired) electrons. The summed E-state index contributed by atoms with van der Waals surface area (Å²) in [6.45, 7) is 6.97. The van der Waals surface area contributed by atoms with Crippen molar-refractivity contribution in [2.24, 2.45) is 0 Å². The molecule has 0 aliphatic heterocycles. The predicted octanol–water partition coefficient (Wildman–Crippen LogP) is 19.2. The molecule has 436 valence electrons. The Balaban J connectivity index is 5.30. The number of likely N-dealkylation sites (N-methyl/N-ethyl adjacent to an activating group) is 1. The maximum atomic E-state index is 13.5. The van der Waals surface area contributed by atoms with Crippen molar-refractivity contribution in [1.82, 2.24) is 5.32 Å². The van der Waals surface area contributed by atoms with Gasteiger partial charge in [-0.05, 0) is 102 Å². The Kier molecular flexibility index (Phi) is 52.9. The van der Waals surface area contributed by atoms with Crippen LogP contribution >= 0.6 is 7.82 Å². The molecule has 3 atom stereocenters. The van der Waals surface area contributed by atoms with Crippen LogP contribution in [0.5, 0.6) is 0 Å². The van der Waals surface area contributed by atoms with Gasteiger partial charge in [-0.1, -0.05) is 235 Å². The van der Waals surface area contributed by atoms with Gasteiger partial charge in [0, 0.05) is 12.8 Å². The maximum Gasteiger partial charge on any atom is 0.472 e. The van der Waals surface area contributed by atoms with Crippen molar-refractivity contribution < 1.29 is 37.3 Å². The molecule has 0 fully saturated rings. The summed E-state index contributed by atoms with van der Waals surface area (Å²) in [7, 11) is 1.48. The number of unbranched alkanes of at least 4 members (excludes halogenated alkanes) is 30. The molecule has 0 saturated carbocycles. The summed E-state index contributed by atoms with van der Waals surface area (Å²) in [4.78, 5) is 37.7. The van der Waals surface area contributed by atoms with Crippen LogP contribution in [-0.4, -0.2) is 74.3 Å². The fourth-order valence-corrected chi connectivity index (χ4v) is 9.48. The molecule has 1 amide bonds.